The lowest BCUT2D eigenvalue weighted by Gasteiger charge is -2.36. The predicted octanol–water partition coefficient (Wildman–Crippen LogP) is 2.46. The Morgan fingerprint density at radius 2 is 2.21 bits per heavy atom. The number of aryl methyl sites for hydroxylation is 1. The average Bonchev–Trinajstić information content (AvgIpc) is 3.19. The van der Waals surface area contributed by atoms with Crippen LogP contribution in [0, 0.1) is 6.92 Å². The molecular weight excluding hydrogens is 302 g/mol. The van der Waals surface area contributed by atoms with Crippen molar-refractivity contribution in [2.75, 3.05) is 26.2 Å². The number of nitrogens with zero attached hydrogens (tertiary/aromatic N) is 3. The SMILES string of the molecule is Cc1ccc(CN2CCN3C[C@@H](OCc4cccnc4)C[C@@H]3C2)o1. The van der Waals surface area contributed by atoms with Gasteiger partial charge in [0.25, 0.3) is 0 Å². The van der Waals surface area contributed by atoms with E-state index in [2.05, 4.69) is 26.9 Å². The molecule has 5 heteroatoms. The summed E-state index contributed by atoms with van der Waals surface area (Å²) >= 11 is 0. The Kier molecular flexibility index (Phi) is 4.65. The minimum absolute atomic E-state index is 0.334. The van der Waals surface area contributed by atoms with E-state index in [-0.39, 0.29) is 0 Å². The maximum absolute atomic E-state index is 6.12. The molecule has 0 aliphatic carbocycles. The molecule has 0 amide bonds. The van der Waals surface area contributed by atoms with Crippen LogP contribution < -0.4 is 0 Å². The second kappa shape index (κ2) is 7.05. The maximum Gasteiger partial charge on any atom is 0.118 e. The van der Waals surface area contributed by atoms with Crippen molar-refractivity contribution in [3.05, 3.63) is 53.7 Å². The summed E-state index contributed by atoms with van der Waals surface area (Å²) in [7, 11) is 0. The molecule has 2 aromatic rings. The van der Waals surface area contributed by atoms with Crippen molar-refractivity contribution in [1.29, 1.82) is 0 Å². The number of pyridine rings is 1. The summed E-state index contributed by atoms with van der Waals surface area (Å²) in [5, 5.41) is 0. The van der Waals surface area contributed by atoms with Gasteiger partial charge in [-0.15, -0.1) is 0 Å². The van der Waals surface area contributed by atoms with E-state index >= 15 is 0 Å². The monoisotopic (exact) mass is 327 g/mol. The number of hydrogen-bond donors (Lipinski definition) is 0. The van der Waals surface area contributed by atoms with Crippen molar-refractivity contribution < 1.29 is 9.15 Å². The van der Waals surface area contributed by atoms with Gasteiger partial charge < -0.3 is 9.15 Å². The van der Waals surface area contributed by atoms with Crippen molar-refractivity contribution in [3.8, 4) is 0 Å². The fourth-order valence-electron chi connectivity index (χ4n) is 3.81. The quantitative estimate of drug-likeness (QED) is 0.844. The van der Waals surface area contributed by atoms with Gasteiger partial charge in [0.05, 0.1) is 19.3 Å². The van der Waals surface area contributed by atoms with Gasteiger partial charge in [-0.05, 0) is 37.1 Å². The van der Waals surface area contributed by atoms with E-state index in [1.165, 1.54) is 0 Å². The molecule has 0 spiro atoms. The molecule has 0 radical (unpaired) electrons. The van der Waals surface area contributed by atoms with Crippen LogP contribution >= 0.6 is 0 Å². The maximum atomic E-state index is 6.12. The number of piperazine rings is 1. The van der Waals surface area contributed by atoms with E-state index in [4.69, 9.17) is 9.15 Å². The van der Waals surface area contributed by atoms with Crippen LogP contribution in [0.2, 0.25) is 0 Å². The molecular formula is C19H25N3O2. The Bertz CT molecular complexity index is 658. The Balaban J connectivity index is 1.27. The van der Waals surface area contributed by atoms with Gasteiger partial charge in [0, 0.05) is 44.6 Å². The van der Waals surface area contributed by atoms with E-state index < -0.39 is 0 Å². The first-order valence-electron chi connectivity index (χ1n) is 8.78. The van der Waals surface area contributed by atoms with Gasteiger partial charge in [0.15, 0.2) is 0 Å². The smallest absolute Gasteiger partial charge is 0.118 e. The number of fused-ring (bicyclic) bond motifs is 1. The summed E-state index contributed by atoms with van der Waals surface area (Å²) in [6.45, 7) is 7.96. The zero-order valence-corrected chi connectivity index (χ0v) is 14.2. The highest BCUT2D eigenvalue weighted by Crippen LogP contribution is 2.25. The molecule has 2 saturated heterocycles. The molecule has 4 heterocycles. The normalized spacial score (nSPS) is 25.0. The summed E-state index contributed by atoms with van der Waals surface area (Å²) in [6, 6.07) is 8.78. The van der Waals surface area contributed by atoms with Crippen molar-refractivity contribution in [2.45, 2.75) is 38.6 Å². The lowest BCUT2D eigenvalue weighted by atomic mass is 10.1. The first-order chi connectivity index (χ1) is 11.8. The molecule has 2 aliphatic rings. The minimum atomic E-state index is 0.334. The second-order valence-corrected chi connectivity index (χ2v) is 6.93. The molecule has 0 unspecified atom stereocenters. The fraction of sp³-hybridized carbons (Fsp3) is 0.526. The lowest BCUT2D eigenvalue weighted by Crippen LogP contribution is -2.49. The van der Waals surface area contributed by atoms with E-state index in [0.29, 0.717) is 18.8 Å². The second-order valence-electron chi connectivity index (χ2n) is 6.93. The van der Waals surface area contributed by atoms with E-state index in [1.54, 1.807) is 6.20 Å². The summed E-state index contributed by atoms with van der Waals surface area (Å²) in [4.78, 5) is 9.23. The van der Waals surface area contributed by atoms with Crippen molar-refractivity contribution in [1.82, 2.24) is 14.8 Å². The minimum Gasteiger partial charge on any atom is -0.465 e. The Morgan fingerprint density at radius 1 is 1.25 bits per heavy atom. The molecule has 2 atom stereocenters. The topological polar surface area (TPSA) is 41.7 Å². The number of furan rings is 1. The van der Waals surface area contributed by atoms with Gasteiger partial charge in [0.1, 0.15) is 11.5 Å². The third-order valence-corrected chi connectivity index (χ3v) is 5.05. The molecule has 5 nitrogen and oxygen atoms in total. The van der Waals surface area contributed by atoms with Crippen LogP contribution in [-0.2, 0) is 17.9 Å². The molecule has 0 bridgehead atoms. The molecule has 4 rings (SSSR count). The van der Waals surface area contributed by atoms with Crippen molar-refractivity contribution >= 4 is 0 Å². The third kappa shape index (κ3) is 3.69. The largest absolute Gasteiger partial charge is 0.465 e. The van der Waals surface area contributed by atoms with Crippen molar-refractivity contribution in [2.24, 2.45) is 0 Å². The molecule has 2 fully saturated rings. The zero-order valence-electron chi connectivity index (χ0n) is 14.2. The average molecular weight is 327 g/mol. The molecule has 2 aromatic heterocycles. The van der Waals surface area contributed by atoms with E-state index in [9.17, 15) is 0 Å². The number of ether oxygens (including phenoxy) is 1. The fourth-order valence-corrected chi connectivity index (χ4v) is 3.81. The third-order valence-electron chi connectivity index (χ3n) is 5.05. The Labute approximate surface area is 143 Å². The Hall–Kier alpha value is -1.69. The highest BCUT2D eigenvalue weighted by atomic mass is 16.5. The van der Waals surface area contributed by atoms with Crippen LogP contribution in [0.1, 0.15) is 23.5 Å². The highest BCUT2D eigenvalue weighted by Gasteiger charge is 2.36. The molecule has 24 heavy (non-hydrogen) atoms. The van der Waals surface area contributed by atoms with Crippen LogP contribution in [0.4, 0.5) is 0 Å². The van der Waals surface area contributed by atoms with Gasteiger partial charge >= 0.3 is 0 Å². The van der Waals surface area contributed by atoms with Gasteiger partial charge in [-0.1, -0.05) is 6.07 Å². The number of rotatable bonds is 5. The van der Waals surface area contributed by atoms with Crippen LogP contribution in [-0.4, -0.2) is 53.1 Å². The van der Waals surface area contributed by atoms with Crippen LogP contribution in [0.3, 0.4) is 0 Å². The summed E-state index contributed by atoms with van der Waals surface area (Å²) in [5.74, 6) is 2.07. The van der Waals surface area contributed by atoms with Gasteiger partial charge in [-0.3, -0.25) is 14.8 Å². The van der Waals surface area contributed by atoms with Crippen molar-refractivity contribution in [3.63, 3.8) is 0 Å². The molecule has 2 aliphatic heterocycles. The van der Waals surface area contributed by atoms with E-state index in [0.717, 1.165) is 56.2 Å². The summed E-state index contributed by atoms with van der Waals surface area (Å²) in [5.41, 5.74) is 1.15. The first-order valence-corrected chi connectivity index (χ1v) is 8.78. The zero-order chi connectivity index (χ0) is 16.4. The summed E-state index contributed by atoms with van der Waals surface area (Å²) in [6.07, 6.45) is 5.14. The van der Waals surface area contributed by atoms with Crippen LogP contribution in [0.5, 0.6) is 0 Å². The number of aromatic nitrogens is 1. The van der Waals surface area contributed by atoms with Crippen LogP contribution in [0.25, 0.3) is 0 Å². The van der Waals surface area contributed by atoms with Gasteiger partial charge in [-0.25, -0.2) is 0 Å². The van der Waals surface area contributed by atoms with Gasteiger partial charge in [-0.2, -0.15) is 0 Å². The molecule has 0 saturated carbocycles. The Morgan fingerprint density at radius 3 is 3.00 bits per heavy atom. The first kappa shape index (κ1) is 15.8. The summed E-state index contributed by atoms with van der Waals surface area (Å²) < 4.78 is 11.8. The predicted molar refractivity (Wildman–Crippen MR) is 91.5 cm³/mol. The lowest BCUT2D eigenvalue weighted by molar-refractivity contribution is 0.0455. The van der Waals surface area contributed by atoms with Crippen LogP contribution in [0.15, 0.2) is 41.1 Å². The molecule has 0 N–H and O–H groups in total. The highest BCUT2D eigenvalue weighted by molar-refractivity contribution is 5.07. The molecule has 128 valence electrons. The van der Waals surface area contributed by atoms with Gasteiger partial charge in [0.2, 0.25) is 0 Å². The standard InChI is InChI=1S/C19H25N3O2/c1-15-4-5-18(24-15)12-21-7-8-22-13-19(9-17(22)11-21)23-14-16-3-2-6-20-10-16/h2-6,10,17,19H,7-9,11-14H2,1H3/t17-,19+/m1/s1. The van der Waals surface area contributed by atoms with E-state index in [1.807, 2.05) is 25.3 Å². The number of hydrogen-bond acceptors (Lipinski definition) is 5. The molecule has 0 aromatic carbocycles.